The fraction of sp³-hybridized carbons (Fsp3) is 0.933. The van der Waals surface area contributed by atoms with Gasteiger partial charge in [-0.3, -0.25) is 4.99 Å². The van der Waals surface area contributed by atoms with Gasteiger partial charge in [-0.1, -0.05) is 13.3 Å². The molecule has 5 heteroatoms. The number of aliphatic hydroxyl groups excluding tert-OH is 1. The lowest BCUT2D eigenvalue weighted by Crippen LogP contribution is -2.40. The van der Waals surface area contributed by atoms with Gasteiger partial charge in [-0.25, -0.2) is 0 Å². The maximum atomic E-state index is 9.10. The molecule has 3 N–H and O–H groups in total. The third-order valence-electron chi connectivity index (χ3n) is 3.61. The zero-order chi connectivity index (χ0) is 14.6. The molecule has 0 aromatic carbocycles. The molecular weight excluding hydrogens is 270 g/mol. The zero-order valence-corrected chi connectivity index (χ0v) is 13.8. The van der Waals surface area contributed by atoms with Crippen molar-refractivity contribution < 1.29 is 5.11 Å². The van der Waals surface area contributed by atoms with Crippen LogP contribution in [0.4, 0.5) is 0 Å². The number of hydrogen-bond donors (Lipinski definition) is 3. The van der Waals surface area contributed by atoms with Crippen LogP contribution in [0.1, 0.15) is 46.0 Å². The van der Waals surface area contributed by atoms with E-state index < -0.39 is 0 Å². The Morgan fingerprint density at radius 2 is 2.20 bits per heavy atom. The summed E-state index contributed by atoms with van der Waals surface area (Å²) in [6, 6.07) is 0. The molecule has 1 fully saturated rings. The molecule has 2 unspecified atom stereocenters. The minimum atomic E-state index is 0.267. The third-order valence-corrected chi connectivity index (χ3v) is 5.01. The number of rotatable bonds is 9. The van der Waals surface area contributed by atoms with Gasteiger partial charge in [0.25, 0.3) is 0 Å². The topological polar surface area (TPSA) is 56.7 Å². The van der Waals surface area contributed by atoms with Crippen molar-refractivity contribution in [1.82, 2.24) is 10.6 Å². The quantitative estimate of drug-likeness (QED) is 0.451. The molecule has 1 saturated heterocycles. The zero-order valence-electron chi connectivity index (χ0n) is 13.0. The largest absolute Gasteiger partial charge is 0.396 e. The summed E-state index contributed by atoms with van der Waals surface area (Å²) in [5.74, 6) is 2.73. The van der Waals surface area contributed by atoms with Crippen molar-refractivity contribution in [3.63, 3.8) is 0 Å². The van der Waals surface area contributed by atoms with Crippen molar-refractivity contribution in [2.45, 2.75) is 51.2 Å². The van der Waals surface area contributed by atoms with Gasteiger partial charge in [0.1, 0.15) is 0 Å². The van der Waals surface area contributed by atoms with Gasteiger partial charge in [0.05, 0.1) is 0 Å². The summed E-state index contributed by atoms with van der Waals surface area (Å²) in [7, 11) is 0. The van der Waals surface area contributed by atoms with Crippen molar-refractivity contribution >= 4 is 17.7 Å². The Labute approximate surface area is 128 Å². The van der Waals surface area contributed by atoms with E-state index in [0.29, 0.717) is 5.92 Å². The molecule has 2 atom stereocenters. The lowest BCUT2D eigenvalue weighted by atomic mass is 10.0. The smallest absolute Gasteiger partial charge is 0.191 e. The van der Waals surface area contributed by atoms with E-state index in [2.05, 4.69) is 41.2 Å². The maximum absolute atomic E-state index is 9.10. The highest BCUT2D eigenvalue weighted by molar-refractivity contribution is 8.00. The molecule has 1 aliphatic heterocycles. The highest BCUT2D eigenvalue weighted by atomic mass is 32.2. The monoisotopic (exact) mass is 301 g/mol. The van der Waals surface area contributed by atoms with Crippen LogP contribution in [0.3, 0.4) is 0 Å². The standard InChI is InChI=1S/C15H31N3OS/c1-3-6-13(8-9-19)11-17-15(16-4-2)18-12-14-7-5-10-20-14/h13-14,19H,3-12H2,1-2H3,(H2,16,17,18). The molecule has 1 aliphatic rings. The molecule has 0 spiro atoms. The SMILES string of the molecule is CCCC(CCO)CN=C(NCC)NCC1CCCS1. The van der Waals surface area contributed by atoms with Gasteiger partial charge in [-0.2, -0.15) is 11.8 Å². The molecule has 0 aliphatic carbocycles. The molecule has 0 saturated carbocycles. The average Bonchev–Trinajstić information content (AvgIpc) is 2.95. The Kier molecular flexibility index (Phi) is 9.93. The summed E-state index contributed by atoms with van der Waals surface area (Å²) in [5, 5.41) is 16.6. The number of aliphatic imine (C=N–C) groups is 1. The first-order chi connectivity index (χ1) is 9.80. The van der Waals surface area contributed by atoms with Gasteiger partial charge in [-0.05, 0) is 44.3 Å². The number of thioether (sulfide) groups is 1. The number of nitrogens with zero attached hydrogens (tertiary/aromatic N) is 1. The van der Waals surface area contributed by atoms with Crippen LogP contribution in [0.25, 0.3) is 0 Å². The van der Waals surface area contributed by atoms with Gasteiger partial charge >= 0.3 is 0 Å². The van der Waals surface area contributed by atoms with Crippen molar-refractivity contribution in [3.8, 4) is 0 Å². The second-order valence-corrected chi connectivity index (χ2v) is 6.81. The summed E-state index contributed by atoms with van der Waals surface area (Å²) < 4.78 is 0. The summed E-state index contributed by atoms with van der Waals surface area (Å²) in [4.78, 5) is 4.69. The molecule has 0 aromatic heterocycles. The van der Waals surface area contributed by atoms with E-state index in [1.54, 1.807) is 0 Å². The van der Waals surface area contributed by atoms with Gasteiger partial charge < -0.3 is 15.7 Å². The molecular formula is C15H31N3OS. The summed E-state index contributed by atoms with van der Waals surface area (Å²) in [5.41, 5.74) is 0. The highest BCUT2D eigenvalue weighted by Crippen LogP contribution is 2.25. The minimum absolute atomic E-state index is 0.267. The van der Waals surface area contributed by atoms with E-state index in [9.17, 15) is 0 Å². The summed E-state index contributed by atoms with van der Waals surface area (Å²) in [6.07, 6.45) is 5.82. The average molecular weight is 302 g/mol. The fourth-order valence-corrected chi connectivity index (χ4v) is 3.70. The van der Waals surface area contributed by atoms with Crippen LogP contribution in [0.2, 0.25) is 0 Å². The molecule has 0 amide bonds. The first-order valence-electron chi connectivity index (χ1n) is 8.04. The first-order valence-corrected chi connectivity index (χ1v) is 9.09. The van der Waals surface area contributed by atoms with Gasteiger partial charge in [0, 0.05) is 31.5 Å². The fourth-order valence-electron chi connectivity index (χ4n) is 2.50. The number of nitrogens with one attached hydrogen (secondary N) is 2. The van der Waals surface area contributed by atoms with Crippen LogP contribution in [-0.4, -0.2) is 48.3 Å². The van der Waals surface area contributed by atoms with Gasteiger partial charge in [0.2, 0.25) is 0 Å². The normalized spacial score (nSPS) is 20.9. The first kappa shape index (κ1) is 17.6. The second-order valence-electron chi connectivity index (χ2n) is 5.40. The molecule has 0 radical (unpaired) electrons. The lowest BCUT2D eigenvalue weighted by molar-refractivity contribution is 0.253. The van der Waals surface area contributed by atoms with Crippen molar-refractivity contribution in [3.05, 3.63) is 0 Å². The van der Waals surface area contributed by atoms with E-state index >= 15 is 0 Å². The molecule has 1 heterocycles. The van der Waals surface area contributed by atoms with Crippen LogP contribution in [0.5, 0.6) is 0 Å². The number of aliphatic hydroxyl groups is 1. The van der Waals surface area contributed by atoms with E-state index in [4.69, 9.17) is 5.11 Å². The Morgan fingerprint density at radius 1 is 1.35 bits per heavy atom. The lowest BCUT2D eigenvalue weighted by Gasteiger charge is -2.17. The summed E-state index contributed by atoms with van der Waals surface area (Å²) in [6.45, 7) is 7.26. The van der Waals surface area contributed by atoms with Crippen LogP contribution in [0, 0.1) is 5.92 Å². The highest BCUT2D eigenvalue weighted by Gasteiger charge is 2.15. The molecule has 20 heavy (non-hydrogen) atoms. The summed E-state index contributed by atoms with van der Waals surface area (Å²) >= 11 is 2.06. The molecule has 0 aromatic rings. The molecule has 0 bridgehead atoms. The Balaban J connectivity index is 2.38. The predicted molar refractivity (Wildman–Crippen MR) is 89.6 cm³/mol. The minimum Gasteiger partial charge on any atom is -0.396 e. The van der Waals surface area contributed by atoms with Gasteiger partial charge in [0.15, 0.2) is 5.96 Å². The Morgan fingerprint density at radius 3 is 2.80 bits per heavy atom. The van der Waals surface area contributed by atoms with Crippen LogP contribution >= 0.6 is 11.8 Å². The third kappa shape index (κ3) is 7.39. The Bertz CT molecular complexity index is 262. The molecule has 118 valence electrons. The Hall–Kier alpha value is -0.420. The van der Waals surface area contributed by atoms with Gasteiger partial charge in [-0.15, -0.1) is 0 Å². The van der Waals surface area contributed by atoms with Crippen molar-refractivity contribution in [2.24, 2.45) is 10.9 Å². The van der Waals surface area contributed by atoms with E-state index in [0.717, 1.165) is 50.1 Å². The van der Waals surface area contributed by atoms with E-state index in [1.807, 2.05) is 0 Å². The molecule has 1 rings (SSSR count). The van der Waals surface area contributed by atoms with Crippen molar-refractivity contribution in [2.75, 3.05) is 32.0 Å². The van der Waals surface area contributed by atoms with Crippen LogP contribution in [0.15, 0.2) is 4.99 Å². The van der Waals surface area contributed by atoms with Crippen LogP contribution < -0.4 is 10.6 Å². The number of hydrogen-bond acceptors (Lipinski definition) is 3. The second kappa shape index (κ2) is 11.3. The predicted octanol–water partition coefficient (Wildman–Crippen LogP) is 2.24. The van der Waals surface area contributed by atoms with Crippen molar-refractivity contribution in [1.29, 1.82) is 0 Å². The maximum Gasteiger partial charge on any atom is 0.191 e. The van der Waals surface area contributed by atoms with E-state index in [1.165, 1.54) is 18.6 Å². The van der Waals surface area contributed by atoms with Crippen LogP contribution in [-0.2, 0) is 0 Å². The molecule has 4 nitrogen and oxygen atoms in total. The van der Waals surface area contributed by atoms with E-state index in [-0.39, 0.29) is 6.61 Å². The number of guanidine groups is 1.